The number of hydrogen-bond donors (Lipinski definition) is 3. The van der Waals surface area contributed by atoms with Gasteiger partial charge in [0, 0.05) is 29.4 Å². The van der Waals surface area contributed by atoms with Crippen LogP contribution in [0.3, 0.4) is 0 Å². The van der Waals surface area contributed by atoms with E-state index in [2.05, 4.69) is 30.9 Å². The van der Waals surface area contributed by atoms with Crippen molar-refractivity contribution in [2.45, 2.75) is 13.8 Å². The molecule has 2 amide bonds. The summed E-state index contributed by atoms with van der Waals surface area (Å²) in [5, 5.41) is 40.3. The van der Waals surface area contributed by atoms with Gasteiger partial charge in [0.05, 0.1) is 11.8 Å². The van der Waals surface area contributed by atoms with E-state index >= 15 is 0 Å². The average Bonchev–Trinajstić information content (AvgIpc) is 3.42. The summed E-state index contributed by atoms with van der Waals surface area (Å²) >= 11 is 0. The lowest BCUT2D eigenvalue weighted by molar-refractivity contribution is 0.0948. The van der Waals surface area contributed by atoms with Crippen LogP contribution < -0.4 is 10.6 Å². The van der Waals surface area contributed by atoms with Crippen LogP contribution in [0.1, 0.15) is 40.1 Å². The zero-order valence-corrected chi connectivity index (χ0v) is 22.8. The maximum atomic E-state index is 13.3. The summed E-state index contributed by atoms with van der Waals surface area (Å²) in [5.74, 6) is -0.496. The molecule has 0 atom stereocenters. The summed E-state index contributed by atoms with van der Waals surface area (Å²) in [4.78, 5) is 30.4. The Morgan fingerprint density at radius 1 is 1.02 bits per heavy atom. The molecule has 0 aliphatic heterocycles. The first-order valence-electron chi connectivity index (χ1n) is 13.1. The predicted octanol–water partition coefficient (Wildman–Crippen LogP) is 6.05. The number of rotatable bonds is 8. The van der Waals surface area contributed by atoms with Gasteiger partial charge in [-0.2, -0.15) is 15.0 Å². The van der Waals surface area contributed by atoms with Gasteiger partial charge in [-0.25, -0.2) is 4.98 Å². The number of carbonyl (C=O) groups excluding carboxylic acids is 2. The minimum atomic E-state index is -0.581. The van der Waals surface area contributed by atoms with E-state index in [1.54, 1.807) is 66.9 Å². The second-order valence-corrected chi connectivity index (χ2v) is 9.77. The number of phenols is 1. The SMILES string of the molecule is CC(C)CNC(=O)c1ccc2c(N=Nc3c(C#N)cnn3-c3ccccn3)c(O)c(C(=O)Nc3ccccc3)cc2c1. The Labute approximate surface area is 241 Å². The van der Waals surface area contributed by atoms with Crippen LogP contribution in [-0.2, 0) is 0 Å². The molecule has 0 saturated heterocycles. The van der Waals surface area contributed by atoms with E-state index in [1.165, 1.54) is 16.9 Å². The zero-order valence-electron chi connectivity index (χ0n) is 22.8. The van der Waals surface area contributed by atoms with Crippen molar-refractivity contribution in [1.82, 2.24) is 20.1 Å². The number of para-hydroxylation sites is 1. The van der Waals surface area contributed by atoms with Gasteiger partial charge < -0.3 is 15.7 Å². The molecule has 0 spiro atoms. The van der Waals surface area contributed by atoms with Gasteiger partial charge >= 0.3 is 0 Å². The summed E-state index contributed by atoms with van der Waals surface area (Å²) in [6, 6.07) is 22.4. The molecule has 0 bridgehead atoms. The van der Waals surface area contributed by atoms with Crippen molar-refractivity contribution < 1.29 is 14.7 Å². The van der Waals surface area contributed by atoms with E-state index in [0.717, 1.165) is 0 Å². The maximum absolute atomic E-state index is 13.3. The zero-order chi connectivity index (χ0) is 29.6. The molecule has 3 N–H and O–H groups in total. The van der Waals surface area contributed by atoms with Gasteiger partial charge in [0.1, 0.15) is 17.3 Å². The Morgan fingerprint density at radius 2 is 1.81 bits per heavy atom. The molecule has 0 aliphatic rings. The molecule has 0 fully saturated rings. The van der Waals surface area contributed by atoms with Crippen molar-refractivity contribution in [1.29, 1.82) is 5.26 Å². The summed E-state index contributed by atoms with van der Waals surface area (Å²) in [6.45, 7) is 4.49. The number of pyridine rings is 1. The van der Waals surface area contributed by atoms with E-state index in [4.69, 9.17) is 0 Å². The number of fused-ring (bicyclic) bond motifs is 1. The first kappa shape index (κ1) is 27.7. The van der Waals surface area contributed by atoms with Gasteiger partial charge in [0.15, 0.2) is 17.4 Å². The molecule has 42 heavy (non-hydrogen) atoms. The van der Waals surface area contributed by atoms with Crippen molar-refractivity contribution in [3.05, 3.63) is 102 Å². The number of hydrogen-bond acceptors (Lipinski definition) is 8. The highest BCUT2D eigenvalue weighted by molar-refractivity contribution is 6.12. The molecule has 0 radical (unpaired) electrons. The number of azo groups is 1. The molecule has 0 aliphatic carbocycles. The highest BCUT2D eigenvalue weighted by atomic mass is 16.3. The lowest BCUT2D eigenvalue weighted by Gasteiger charge is -2.13. The Balaban J connectivity index is 1.63. The average molecular weight is 559 g/mol. The molecule has 11 nitrogen and oxygen atoms in total. The van der Waals surface area contributed by atoms with Crippen LogP contribution in [0.5, 0.6) is 5.75 Å². The molecule has 0 unspecified atom stereocenters. The van der Waals surface area contributed by atoms with Crippen LogP contribution in [0.4, 0.5) is 17.2 Å². The Morgan fingerprint density at radius 3 is 2.52 bits per heavy atom. The summed E-state index contributed by atoms with van der Waals surface area (Å²) in [7, 11) is 0. The minimum Gasteiger partial charge on any atom is -0.505 e. The number of carbonyl (C=O) groups is 2. The summed E-state index contributed by atoms with van der Waals surface area (Å²) < 4.78 is 1.35. The van der Waals surface area contributed by atoms with Crippen LogP contribution in [0.25, 0.3) is 16.6 Å². The second kappa shape index (κ2) is 12.1. The largest absolute Gasteiger partial charge is 0.505 e. The number of nitrogens with zero attached hydrogens (tertiary/aromatic N) is 6. The van der Waals surface area contributed by atoms with Crippen molar-refractivity contribution in [3.63, 3.8) is 0 Å². The van der Waals surface area contributed by atoms with E-state index in [0.29, 0.717) is 34.4 Å². The molecular weight excluding hydrogens is 532 g/mol. The van der Waals surface area contributed by atoms with Crippen LogP contribution in [0.15, 0.2) is 95.4 Å². The van der Waals surface area contributed by atoms with E-state index in [-0.39, 0.29) is 34.5 Å². The number of nitriles is 1. The third kappa shape index (κ3) is 5.83. The molecule has 2 heterocycles. The van der Waals surface area contributed by atoms with E-state index in [1.807, 2.05) is 26.0 Å². The van der Waals surface area contributed by atoms with E-state index in [9.17, 15) is 20.0 Å². The number of amides is 2. The van der Waals surface area contributed by atoms with Crippen molar-refractivity contribution in [2.75, 3.05) is 11.9 Å². The molecule has 208 valence electrons. The van der Waals surface area contributed by atoms with Gasteiger partial charge in [-0.3, -0.25) is 9.59 Å². The van der Waals surface area contributed by atoms with Gasteiger partial charge in [-0.15, -0.1) is 10.2 Å². The fourth-order valence-corrected chi connectivity index (χ4v) is 4.17. The van der Waals surface area contributed by atoms with Gasteiger partial charge in [-0.1, -0.05) is 44.2 Å². The first-order valence-corrected chi connectivity index (χ1v) is 13.1. The van der Waals surface area contributed by atoms with Crippen molar-refractivity contribution >= 4 is 39.8 Å². The highest BCUT2D eigenvalue weighted by Crippen LogP contribution is 2.40. The van der Waals surface area contributed by atoms with Gasteiger partial charge in [0.2, 0.25) is 0 Å². The van der Waals surface area contributed by atoms with Crippen LogP contribution in [0.2, 0.25) is 0 Å². The lowest BCUT2D eigenvalue weighted by Crippen LogP contribution is -2.27. The molecular formula is C31H26N8O3. The fraction of sp³-hybridized carbons (Fsp3) is 0.129. The lowest BCUT2D eigenvalue weighted by atomic mass is 10.00. The monoisotopic (exact) mass is 558 g/mol. The molecule has 2 aromatic heterocycles. The smallest absolute Gasteiger partial charge is 0.259 e. The summed E-state index contributed by atoms with van der Waals surface area (Å²) in [5.41, 5.74) is 0.961. The number of anilines is 1. The predicted molar refractivity (Wildman–Crippen MR) is 157 cm³/mol. The first-order chi connectivity index (χ1) is 20.4. The molecule has 11 heteroatoms. The standard InChI is InChI=1S/C31H26N8O3/c1-19(2)17-34-30(41)20-11-12-24-21(14-20)15-25(31(42)36-23-8-4-3-5-9-23)28(40)27(24)37-38-29-22(16-32)18-35-39(29)26-10-6-7-13-33-26/h3-15,18-19,40H,17H2,1-2H3,(H,34,41)(H,36,42). The fourth-order valence-electron chi connectivity index (χ4n) is 4.17. The summed E-state index contributed by atoms with van der Waals surface area (Å²) in [6.07, 6.45) is 2.92. The Kier molecular flexibility index (Phi) is 7.97. The molecule has 3 aromatic carbocycles. The topological polar surface area (TPSA) is 158 Å². The maximum Gasteiger partial charge on any atom is 0.259 e. The van der Waals surface area contributed by atoms with Crippen LogP contribution in [0, 0.1) is 17.2 Å². The molecule has 5 rings (SSSR count). The highest BCUT2D eigenvalue weighted by Gasteiger charge is 2.21. The normalized spacial score (nSPS) is 11.1. The Bertz CT molecular complexity index is 1840. The van der Waals surface area contributed by atoms with Crippen LogP contribution in [-0.4, -0.2) is 38.2 Å². The third-order valence-electron chi connectivity index (χ3n) is 6.27. The number of nitrogens with one attached hydrogen (secondary N) is 2. The van der Waals surface area contributed by atoms with Crippen molar-refractivity contribution in [3.8, 4) is 17.6 Å². The number of benzene rings is 3. The second-order valence-electron chi connectivity index (χ2n) is 9.77. The number of aromatic nitrogens is 3. The number of phenolic OH excluding ortho intramolecular Hbond substituents is 1. The van der Waals surface area contributed by atoms with Gasteiger partial charge in [-0.05, 0) is 53.8 Å². The van der Waals surface area contributed by atoms with Crippen LogP contribution >= 0.6 is 0 Å². The van der Waals surface area contributed by atoms with Crippen molar-refractivity contribution in [2.24, 2.45) is 16.1 Å². The molecule has 0 saturated carbocycles. The quantitative estimate of drug-likeness (QED) is 0.197. The molecule has 5 aromatic rings. The van der Waals surface area contributed by atoms with Gasteiger partial charge in [0.25, 0.3) is 11.8 Å². The van der Waals surface area contributed by atoms with E-state index < -0.39 is 11.7 Å². The Hall–Kier alpha value is -5.89. The number of aromatic hydroxyl groups is 1. The minimum absolute atomic E-state index is 0.0162. The third-order valence-corrected chi connectivity index (χ3v) is 6.27.